The van der Waals surface area contributed by atoms with Gasteiger partial charge in [0.15, 0.2) is 11.5 Å². The Labute approximate surface area is 161 Å². The first-order valence-corrected chi connectivity index (χ1v) is 8.48. The van der Waals surface area contributed by atoms with Crippen LogP contribution in [-0.4, -0.2) is 43.7 Å². The maximum absolute atomic E-state index is 12.5. The maximum Gasteiger partial charge on any atom is 0.387 e. The molecule has 0 heterocycles. The maximum atomic E-state index is 12.5. The summed E-state index contributed by atoms with van der Waals surface area (Å²) >= 11 is 0. The molecule has 0 aliphatic rings. The zero-order valence-electron chi connectivity index (χ0n) is 15.9. The lowest BCUT2D eigenvalue weighted by Crippen LogP contribution is -2.24. The SMILES string of the molecule is COc1cc(CN(C)CCOc2cccc(C)c2)c([N+](=O)[O-])cc1OC(F)F. The molecule has 0 radical (unpaired) electrons. The number of benzene rings is 2. The summed E-state index contributed by atoms with van der Waals surface area (Å²) in [6, 6.07) is 9.92. The lowest BCUT2D eigenvalue weighted by Gasteiger charge is -2.18. The van der Waals surface area contributed by atoms with Crippen LogP contribution in [0, 0.1) is 17.0 Å². The van der Waals surface area contributed by atoms with Gasteiger partial charge in [0.25, 0.3) is 5.69 Å². The van der Waals surface area contributed by atoms with E-state index >= 15 is 0 Å². The quantitative estimate of drug-likeness (QED) is 0.446. The predicted molar refractivity (Wildman–Crippen MR) is 99.3 cm³/mol. The van der Waals surface area contributed by atoms with Crippen LogP contribution in [0.1, 0.15) is 11.1 Å². The van der Waals surface area contributed by atoms with Crippen molar-refractivity contribution in [2.45, 2.75) is 20.1 Å². The van der Waals surface area contributed by atoms with E-state index in [9.17, 15) is 18.9 Å². The van der Waals surface area contributed by atoms with Crippen molar-refractivity contribution in [1.29, 1.82) is 0 Å². The van der Waals surface area contributed by atoms with E-state index in [0.29, 0.717) is 18.7 Å². The number of nitro groups is 1. The van der Waals surface area contributed by atoms with Gasteiger partial charge < -0.3 is 14.2 Å². The molecule has 2 rings (SSSR count). The second-order valence-corrected chi connectivity index (χ2v) is 6.17. The van der Waals surface area contributed by atoms with E-state index in [1.54, 1.807) is 7.05 Å². The Kier molecular flexibility index (Phi) is 7.51. The highest BCUT2D eigenvalue weighted by atomic mass is 19.3. The summed E-state index contributed by atoms with van der Waals surface area (Å²) < 4.78 is 40.1. The molecule has 0 saturated heterocycles. The molecule has 0 unspecified atom stereocenters. The fourth-order valence-corrected chi connectivity index (χ4v) is 2.63. The first-order chi connectivity index (χ1) is 13.3. The normalized spacial score (nSPS) is 11.0. The molecule has 0 spiro atoms. The second-order valence-electron chi connectivity index (χ2n) is 6.17. The van der Waals surface area contributed by atoms with Gasteiger partial charge in [-0.3, -0.25) is 15.0 Å². The number of rotatable bonds is 10. The molecule has 0 atom stereocenters. The summed E-state index contributed by atoms with van der Waals surface area (Å²) in [6.07, 6.45) is 0. The number of nitro benzene ring substituents is 1. The fourth-order valence-electron chi connectivity index (χ4n) is 2.63. The van der Waals surface area contributed by atoms with Crippen molar-refractivity contribution in [2.24, 2.45) is 0 Å². The van der Waals surface area contributed by atoms with Crippen molar-refractivity contribution in [2.75, 3.05) is 27.3 Å². The lowest BCUT2D eigenvalue weighted by atomic mass is 10.1. The molecule has 0 N–H and O–H groups in total. The molecule has 2 aromatic rings. The monoisotopic (exact) mass is 396 g/mol. The van der Waals surface area contributed by atoms with E-state index in [-0.39, 0.29) is 23.7 Å². The summed E-state index contributed by atoms with van der Waals surface area (Å²) in [5.41, 5.74) is 1.09. The fraction of sp³-hybridized carbons (Fsp3) is 0.368. The number of ether oxygens (including phenoxy) is 3. The van der Waals surface area contributed by atoms with Crippen molar-refractivity contribution in [1.82, 2.24) is 4.90 Å². The van der Waals surface area contributed by atoms with Crippen molar-refractivity contribution < 1.29 is 27.9 Å². The smallest absolute Gasteiger partial charge is 0.387 e. The zero-order valence-corrected chi connectivity index (χ0v) is 15.9. The van der Waals surface area contributed by atoms with Crippen molar-refractivity contribution >= 4 is 5.69 Å². The van der Waals surface area contributed by atoms with Gasteiger partial charge >= 0.3 is 6.61 Å². The van der Waals surface area contributed by atoms with Crippen LogP contribution in [0.3, 0.4) is 0 Å². The summed E-state index contributed by atoms with van der Waals surface area (Å²) in [6.45, 7) is -0.0490. The van der Waals surface area contributed by atoms with Crippen LogP contribution in [0.2, 0.25) is 0 Å². The Bertz CT molecular complexity index is 817. The molecule has 9 heteroatoms. The van der Waals surface area contributed by atoms with Crippen molar-refractivity contribution in [3.8, 4) is 17.2 Å². The molecule has 0 aromatic heterocycles. The highest BCUT2D eigenvalue weighted by Crippen LogP contribution is 2.36. The molecule has 0 aliphatic carbocycles. The number of alkyl halides is 2. The Morgan fingerprint density at radius 2 is 1.96 bits per heavy atom. The molecule has 0 saturated carbocycles. The Morgan fingerprint density at radius 1 is 1.21 bits per heavy atom. The number of likely N-dealkylation sites (N-methyl/N-ethyl adjacent to an activating group) is 1. The van der Waals surface area contributed by atoms with Crippen LogP contribution in [0.4, 0.5) is 14.5 Å². The van der Waals surface area contributed by atoms with E-state index < -0.39 is 11.5 Å². The minimum atomic E-state index is -3.11. The largest absolute Gasteiger partial charge is 0.493 e. The van der Waals surface area contributed by atoms with Crippen LogP contribution < -0.4 is 14.2 Å². The number of halogens is 2. The number of hydrogen-bond donors (Lipinski definition) is 0. The van der Waals surface area contributed by atoms with Gasteiger partial charge in [-0.05, 0) is 37.7 Å². The zero-order chi connectivity index (χ0) is 20.7. The van der Waals surface area contributed by atoms with Crippen LogP contribution in [0.15, 0.2) is 36.4 Å². The van der Waals surface area contributed by atoms with Gasteiger partial charge in [0.1, 0.15) is 12.4 Å². The van der Waals surface area contributed by atoms with Gasteiger partial charge in [-0.25, -0.2) is 0 Å². The first-order valence-electron chi connectivity index (χ1n) is 8.48. The van der Waals surface area contributed by atoms with Gasteiger partial charge in [-0.15, -0.1) is 0 Å². The van der Waals surface area contributed by atoms with E-state index in [1.807, 2.05) is 36.1 Å². The second kappa shape index (κ2) is 9.84. The summed E-state index contributed by atoms with van der Waals surface area (Å²) in [5.74, 6) is 0.373. The summed E-state index contributed by atoms with van der Waals surface area (Å²) in [7, 11) is 3.06. The van der Waals surface area contributed by atoms with E-state index in [1.165, 1.54) is 13.2 Å². The highest BCUT2D eigenvalue weighted by Gasteiger charge is 2.22. The molecular formula is C19H22F2N2O5. The highest BCUT2D eigenvalue weighted by molar-refractivity contribution is 5.54. The summed E-state index contributed by atoms with van der Waals surface area (Å²) in [4.78, 5) is 12.5. The molecule has 2 aromatic carbocycles. The third-order valence-electron chi connectivity index (χ3n) is 3.95. The van der Waals surface area contributed by atoms with Gasteiger partial charge in [-0.1, -0.05) is 12.1 Å². The van der Waals surface area contributed by atoms with Crippen molar-refractivity contribution in [3.63, 3.8) is 0 Å². The average Bonchev–Trinajstić information content (AvgIpc) is 2.62. The minimum Gasteiger partial charge on any atom is -0.493 e. The van der Waals surface area contributed by atoms with Crippen LogP contribution in [0.5, 0.6) is 17.2 Å². The minimum absolute atomic E-state index is 0.00492. The molecule has 0 amide bonds. The van der Waals surface area contributed by atoms with Gasteiger partial charge in [0.05, 0.1) is 18.1 Å². The number of aryl methyl sites for hydroxylation is 1. The number of hydrogen-bond acceptors (Lipinski definition) is 6. The van der Waals surface area contributed by atoms with Crippen LogP contribution in [0.25, 0.3) is 0 Å². The Hall–Kier alpha value is -2.94. The molecule has 0 bridgehead atoms. The standard InChI is InChI=1S/C19H22F2N2O5/c1-13-5-4-6-15(9-13)27-8-7-22(2)12-14-10-17(26-3)18(28-19(20)21)11-16(14)23(24)25/h4-6,9-11,19H,7-8,12H2,1-3H3. The number of methoxy groups -OCH3 is 1. The lowest BCUT2D eigenvalue weighted by molar-refractivity contribution is -0.385. The van der Waals surface area contributed by atoms with Crippen LogP contribution in [-0.2, 0) is 6.54 Å². The Morgan fingerprint density at radius 3 is 2.57 bits per heavy atom. The van der Waals surface area contributed by atoms with Gasteiger partial charge in [-0.2, -0.15) is 8.78 Å². The average molecular weight is 396 g/mol. The third kappa shape index (κ3) is 6.05. The topological polar surface area (TPSA) is 74.1 Å². The first kappa shape index (κ1) is 21.4. The predicted octanol–water partition coefficient (Wildman–Crippen LogP) is 4.02. The molecular weight excluding hydrogens is 374 g/mol. The summed E-state index contributed by atoms with van der Waals surface area (Å²) in [5, 5.41) is 11.4. The molecule has 152 valence electrons. The van der Waals surface area contributed by atoms with E-state index in [0.717, 1.165) is 17.4 Å². The van der Waals surface area contributed by atoms with Gasteiger partial charge in [0, 0.05) is 18.7 Å². The Balaban J connectivity index is 2.07. The van der Waals surface area contributed by atoms with Crippen molar-refractivity contribution in [3.05, 3.63) is 57.6 Å². The van der Waals surface area contributed by atoms with E-state index in [4.69, 9.17) is 9.47 Å². The molecule has 7 nitrogen and oxygen atoms in total. The van der Waals surface area contributed by atoms with Crippen LogP contribution >= 0.6 is 0 Å². The van der Waals surface area contributed by atoms with E-state index in [2.05, 4.69) is 4.74 Å². The third-order valence-corrected chi connectivity index (χ3v) is 3.95. The van der Waals surface area contributed by atoms with Gasteiger partial charge in [0.2, 0.25) is 0 Å². The molecule has 0 fully saturated rings. The molecule has 0 aliphatic heterocycles. The molecule has 28 heavy (non-hydrogen) atoms. The number of nitrogens with zero attached hydrogens (tertiary/aromatic N) is 2.